The first kappa shape index (κ1) is 14.6. The number of nitrogens with zero attached hydrogens (tertiary/aromatic N) is 1. The van der Waals surface area contributed by atoms with Gasteiger partial charge in [-0.2, -0.15) is 0 Å². The Morgan fingerprint density at radius 3 is 3.14 bits per heavy atom. The van der Waals surface area contributed by atoms with Crippen molar-refractivity contribution < 1.29 is 9.53 Å². The number of amides is 1. The molecule has 1 aliphatic heterocycles. The molecule has 0 radical (unpaired) electrons. The number of hydrogen-bond donors (Lipinski definition) is 1. The number of nitrogens with two attached hydrogens (primary N) is 1. The van der Waals surface area contributed by atoms with Crippen molar-refractivity contribution in [2.24, 2.45) is 0 Å². The summed E-state index contributed by atoms with van der Waals surface area (Å²) >= 11 is 7.44. The third-order valence-corrected chi connectivity index (χ3v) is 5.25. The maximum atomic E-state index is 12.8. The number of thiophene rings is 1. The molecule has 1 fully saturated rings. The first-order valence-electron chi connectivity index (χ1n) is 6.98. The SMILES string of the molecule is CCC1COCCN1C(=O)c1sc2ccc(Cl)cc2c1N. The van der Waals surface area contributed by atoms with Crippen molar-refractivity contribution in [2.75, 3.05) is 25.5 Å². The fraction of sp³-hybridized carbons (Fsp3) is 0.400. The third kappa shape index (κ3) is 2.61. The lowest BCUT2D eigenvalue weighted by Crippen LogP contribution is -2.48. The summed E-state index contributed by atoms with van der Waals surface area (Å²) < 4.78 is 6.44. The van der Waals surface area contributed by atoms with E-state index < -0.39 is 0 Å². The van der Waals surface area contributed by atoms with Crippen LogP contribution in [-0.2, 0) is 4.74 Å². The number of ether oxygens (including phenoxy) is 1. The van der Waals surface area contributed by atoms with E-state index in [2.05, 4.69) is 6.92 Å². The third-order valence-electron chi connectivity index (χ3n) is 3.84. The van der Waals surface area contributed by atoms with Gasteiger partial charge in [0.15, 0.2) is 0 Å². The smallest absolute Gasteiger partial charge is 0.266 e. The second-order valence-electron chi connectivity index (χ2n) is 5.12. The van der Waals surface area contributed by atoms with Gasteiger partial charge in [0, 0.05) is 21.7 Å². The fourth-order valence-corrected chi connectivity index (χ4v) is 3.87. The normalized spacial score (nSPS) is 19.1. The zero-order valence-corrected chi connectivity index (χ0v) is 13.3. The van der Waals surface area contributed by atoms with Crippen LogP contribution in [0.15, 0.2) is 18.2 Å². The molecule has 1 aromatic carbocycles. The largest absolute Gasteiger partial charge is 0.397 e. The Balaban J connectivity index is 1.99. The quantitative estimate of drug-likeness (QED) is 0.921. The van der Waals surface area contributed by atoms with Crippen LogP contribution in [0, 0.1) is 0 Å². The van der Waals surface area contributed by atoms with E-state index in [0.29, 0.717) is 35.3 Å². The number of halogens is 1. The van der Waals surface area contributed by atoms with Crippen LogP contribution < -0.4 is 5.73 Å². The van der Waals surface area contributed by atoms with Gasteiger partial charge in [-0.3, -0.25) is 4.79 Å². The highest BCUT2D eigenvalue weighted by molar-refractivity contribution is 7.21. The second kappa shape index (κ2) is 5.83. The van der Waals surface area contributed by atoms with Gasteiger partial charge in [0.25, 0.3) is 5.91 Å². The van der Waals surface area contributed by atoms with Crippen molar-refractivity contribution >= 4 is 44.6 Å². The lowest BCUT2D eigenvalue weighted by molar-refractivity contribution is -0.00248. The van der Waals surface area contributed by atoms with E-state index in [0.717, 1.165) is 16.5 Å². The first-order valence-corrected chi connectivity index (χ1v) is 8.17. The number of fused-ring (bicyclic) bond motifs is 1. The van der Waals surface area contributed by atoms with Gasteiger partial charge in [-0.15, -0.1) is 11.3 Å². The highest BCUT2D eigenvalue weighted by Crippen LogP contribution is 2.36. The van der Waals surface area contributed by atoms with Gasteiger partial charge < -0.3 is 15.4 Å². The molecule has 2 heterocycles. The Kier molecular flexibility index (Phi) is 4.06. The average Bonchev–Trinajstić information content (AvgIpc) is 2.83. The number of morpholine rings is 1. The average molecular weight is 325 g/mol. The summed E-state index contributed by atoms with van der Waals surface area (Å²) in [6, 6.07) is 5.67. The summed E-state index contributed by atoms with van der Waals surface area (Å²) in [6.07, 6.45) is 0.877. The zero-order valence-electron chi connectivity index (χ0n) is 11.8. The van der Waals surface area contributed by atoms with Crippen LogP contribution in [-0.4, -0.2) is 36.6 Å². The summed E-state index contributed by atoms with van der Waals surface area (Å²) in [6.45, 7) is 3.86. The molecule has 2 aromatic rings. The summed E-state index contributed by atoms with van der Waals surface area (Å²) in [4.78, 5) is 15.3. The molecule has 1 aliphatic rings. The molecule has 6 heteroatoms. The van der Waals surface area contributed by atoms with E-state index in [1.54, 1.807) is 0 Å². The molecular weight excluding hydrogens is 308 g/mol. The summed E-state index contributed by atoms with van der Waals surface area (Å²) in [5, 5.41) is 1.49. The molecule has 1 saturated heterocycles. The topological polar surface area (TPSA) is 55.6 Å². The van der Waals surface area contributed by atoms with Gasteiger partial charge in [-0.05, 0) is 24.6 Å². The van der Waals surface area contributed by atoms with Crippen LogP contribution >= 0.6 is 22.9 Å². The van der Waals surface area contributed by atoms with Gasteiger partial charge in [0.1, 0.15) is 4.88 Å². The number of carbonyl (C=O) groups is 1. The zero-order chi connectivity index (χ0) is 15.0. The maximum Gasteiger partial charge on any atom is 0.266 e. The van der Waals surface area contributed by atoms with Crippen molar-refractivity contribution in [2.45, 2.75) is 19.4 Å². The molecule has 4 nitrogen and oxygen atoms in total. The summed E-state index contributed by atoms with van der Waals surface area (Å²) in [7, 11) is 0. The summed E-state index contributed by atoms with van der Waals surface area (Å²) in [5.74, 6) is -0.0000255. The Morgan fingerprint density at radius 2 is 2.38 bits per heavy atom. The second-order valence-corrected chi connectivity index (χ2v) is 6.61. The van der Waals surface area contributed by atoms with Crippen LogP contribution in [0.25, 0.3) is 10.1 Å². The molecule has 0 bridgehead atoms. The fourth-order valence-electron chi connectivity index (χ4n) is 2.64. The van der Waals surface area contributed by atoms with Crippen molar-refractivity contribution in [3.8, 4) is 0 Å². The number of anilines is 1. The van der Waals surface area contributed by atoms with Gasteiger partial charge in [0.05, 0.1) is 24.9 Å². The predicted octanol–water partition coefficient (Wildman–Crippen LogP) is 3.39. The van der Waals surface area contributed by atoms with Gasteiger partial charge >= 0.3 is 0 Å². The van der Waals surface area contributed by atoms with E-state index in [1.807, 2.05) is 23.1 Å². The monoisotopic (exact) mass is 324 g/mol. The van der Waals surface area contributed by atoms with Crippen LogP contribution in [0.5, 0.6) is 0 Å². The molecule has 112 valence electrons. The van der Waals surface area contributed by atoms with Gasteiger partial charge in [-0.1, -0.05) is 18.5 Å². The molecule has 0 saturated carbocycles. The van der Waals surface area contributed by atoms with E-state index in [4.69, 9.17) is 22.1 Å². The molecule has 3 rings (SSSR count). The van der Waals surface area contributed by atoms with Crippen molar-refractivity contribution in [3.63, 3.8) is 0 Å². The molecule has 0 aliphatic carbocycles. The molecule has 1 unspecified atom stereocenters. The predicted molar refractivity (Wildman–Crippen MR) is 87.2 cm³/mol. The molecular formula is C15H17ClN2O2S. The van der Waals surface area contributed by atoms with Crippen LogP contribution in [0.2, 0.25) is 5.02 Å². The van der Waals surface area contributed by atoms with Gasteiger partial charge in [0.2, 0.25) is 0 Å². The minimum absolute atomic E-state index is 0.0000255. The molecule has 1 aromatic heterocycles. The number of rotatable bonds is 2. The standard InChI is InChI=1S/C15H17ClN2O2S/c1-2-10-8-20-6-5-18(10)15(19)14-13(17)11-7-9(16)3-4-12(11)21-14/h3-4,7,10H,2,5-6,8,17H2,1H3. The number of hydrogen-bond acceptors (Lipinski definition) is 4. The van der Waals surface area contributed by atoms with E-state index in [-0.39, 0.29) is 11.9 Å². The minimum Gasteiger partial charge on any atom is -0.397 e. The maximum absolute atomic E-state index is 12.8. The Labute approximate surface area is 132 Å². The minimum atomic E-state index is -0.0000255. The highest BCUT2D eigenvalue weighted by Gasteiger charge is 2.29. The first-order chi connectivity index (χ1) is 10.1. The summed E-state index contributed by atoms with van der Waals surface area (Å²) in [5.41, 5.74) is 6.71. The van der Waals surface area contributed by atoms with Gasteiger partial charge in [-0.25, -0.2) is 0 Å². The lowest BCUT2D eigenvalue weighted by Gasteiger charge is -2.34. The molecule has 21 heavy (non-hydrogen) atoms. The van der Waals surface area contributed by atoms with Crippen LogP contribution in [0.3, 0.4) is 0 Å². The Hall–Kier alpha value is -1.30. The lowest BCUT2D eigenvalue weighted by atomic mass is 10.1. The number of carbonyl (C=O) groups excluding carboxylic acids is 1. The van der Waals surface area contributed by atoms with Crippen molar-refractivity contribution in [1.82, 2.24) is 4.90 Å². The Bertz CT molecular complexity index is 686. The Morgan fingerprint density at radius 1 is 1.57 bits per heavy atom. The van der Waals surface area contributed by atoms with Crippen LogP contribution in [0.1, 0.15) is 23.0 Å². The van der Waals surface area contributed by atoms with Crippen LogP contribution in [0.4, 0.5) is 5.69 Å². The van der Waals surface area contributed by atoms with E-state index in [9.17, 15) is 4.79 Å². The number of benzene rings is 1. The number of nitrogen functional groups attached to an aromatic ring is 1. The molecule has 1 atom stereocenters. The highest BCUT2D eigenvalue weighted by atomic mass is 35.5. The van der Waals surface area contributed by atoms with E-state index in [1.165, 1.54) is 11.3 Å². The molecule has 2 N–H and O–H groups in total. The molecule has 1 amide bonds. The van der Waals surface area contributed by atoms with Crippen molar-refractivity contribution in [3.05, 3.63) is 28.1 Å². The van der Waals surface area contributed by atoms with Crippen molar-refractivity contribution in [1.29, 1.82) is 0 Å². The molecule has 0 spiro atoms. The van der Waals surface area contributed by atoms with E-state index >= 15 is 0 Å².